The standard InChI is InChI=1S/C12H23NO2/c1-12(2,14)11-4-3-6-13(11)8-10-5-7-15-9-10/h10-11,14H,3-9H2,1-2H3/t10-,11+/m0/s1. The first-order valence-corrected chi connectivity index (χ1v) is 6.11. The highest BCUT2D eigenvalue weighted by atomic mass is 16.5. The minimum atomic E-state index is -0.560. The van der Waals surface area contributed by atoms with E-state index in [1.807, 2.05) is 13.8 Å². The summed E-state index contributed by atoms with van der Waals surface area (Å²) in [7, 11) is 0. The van der Waals surface area contributed by atoms with Gasteiger partial charge in [0.1, 0.15) is 0 Å². The SMILES string of the molecule is CC(C)(O)[C@H]1CCCN1C[C@@H]1CCOC1. The molecule has 2 atom stereocenters. The quantitative estimate of drug-likeness (QED) is 0.766. The summed E-state index contributed by atoms with van der Waals surface area (Å²) in [4.78, 5) is 2.46. The highest BCUT2D eigenvalue weighted by Gasteiger charge is 2.36. The summed E-state index contributed by atoms with van der Waals surface area (Å²) in [6.07, 6.45) is 3.55. The average molecular weight is 213 g/mol. The van der Waals surface area contributed by atoms with Crippen LogP contribution in [0, 0.1) is 5.92 Å². The van der Waals surface area contributed by atoms with Gasteiger partial charge in [-0.05, 0) is 45.6 Å². The van der Waals surface area contributed by atoms with E-state index in [0.717, 1.165) is 32.7 Å². The Morgan fingerprint density at radius 2 is 2.20 bits per heavy atom. The van der Waals surface area contributed by atoms with Crippen LogP contribution in [0.3, 0.4) is 0 Å². The first kappa shape index (κ1) is 11.4. The molecule has 0 unspecified atom stereocenters. The Morgan fingerprint density at radius 3 is 2.80 bits per heavy atom. The molecule has 2 fully saturated rings. The summed E-state index contributed by atoms with van der Waals surface area (Å²) < 4.78 is 5.40. The fraction of sp³-hybridized carbons (Fsp3) is 1.00. The van der Waals surface area contributed by atoms with E-state index in [-0.39, 0.29) is 0 Å². The molecule has 2 aliphatic rings. The zero-order chi connectivity index (χ0) is 10.9. The van der Waals surface area contributed by atoms with Crippen LogP contribution in [0.2, 0.25) is 0 Å². The van der Waals surface area contributed by atoms with Crippen molar-refractivity contribution in [2.24, 2.45) is 5.92 Å². The first-order chi connectivity index (χ1) is 7.07. The molecule has 0 saturated carbocycles. The number of hydrogen-bond acceptors (Lipinski definition) is 3. The second-order valence-corrected chi connectivity index (χ2v) is 5.54. The third kappa shape index (κ3) is 2.71. The van der Waals surface area contributed by atoms with Gasteiger partial charge < -0.3 is 9.84 Å². The summed E-state index contributed by atoms with van der Waals surface area (Å²) in [5.74, 6) is 0.688. The summed E-state index contributed by atoms with van der Waals surface area (Å²) in [6.45, 7) is 7.95. The van der Waals surface area contributed by atoms with Gasteiger partial charge in [0.05, 0.1) is 12.2 Å². The van der Waals surface area contributed by atoms with Gasteiger partial charge in [0.15, 0.2) is 0 Å². The van der Waals surface area contributed by atoms with Gasteiger partial charge in [-0.25, -0.2) is 0 Å². The predicted octanol–water partition coefficient (Wildman–Crippen LogP) is 1.26. The van der Waals surface area contributed by atoms with Gasteiger partial charge in [-0.3, -0.25) is 4.90 Å². The maximum absolute atomic E-state index is 10.1. The van der Waals surface area contributed by atoms with Gasteiger partial charge in [-0.15, -0.1) is 0 Å². The van der Waals surface area contributed by atoms with Gasteiger partial charge in [0, 0.05) is 19.2 Å². The molecule has 3 nitrogen and oxygen atoms in total. The lowest BCUT2D eigenvalue weighted by atomic mass is 9.96. The van der Waals surface area contributed by atoms with E-state index < -0.39 is 5.60 Å². The van der Waals surface area contributed by atoms with Crippen molar-refractivity contribution in [3.63, 3.8) is 0 Å². The first-order valence-electron chi connectivity index (χ1n) is 6.11. The normalized spacial score (nSPS) is 33.8. The molecule has 2 aliphatic heterocycles. The molecule has 1 N–H and O–H groups in total. The highest BCUT2D eigenvalue weighted by molar-refractivity contribution is 4.91. The Hall–Kier alpha value is -0.120. The van der Waals surface area contributed by atoms with Crippen LogP contribution < -0.4 is 0 Å². The molecule has 2 saturated heterocycles. The van der Waals surface area contributed by atoms with Crippen molar-refractivity contribution >= 4 is 0 Å². The van der Waals surface area contributed by atoms with Gasteiger partial charge in [0.25, 0.3) is 0 Å². The third-order valence-corrected chi connectivity index (χ3v) is 3.70. The Labute approximate surface area is 92.4 Å². The van der Waals surface area contributed by atoms with Crippen LogP contribution in [0.15, 0.2) is 0 Å². The van der Waals surface area contributed by atoms with Crippen molar-refractivity contribution in [1.29, 1.82) is 0 Å². The fourth-order valence-electron chi connectivity index (χ4n) is 2.90. The Bertz CT molecular complexity index is 206. The van der Waals surface area contributed by atoms with Crippen molar-refractivity contribution in [2.45, 2.75) is 44.8 Å². The highest BCUT2D eigenvalue weighted by Crippen LogP contribution is 2.28. The van der Waals surface area contributed by atoms with Crippen molar-refractivity contribution in [1.82, 2.24) is 4.90 Å². The lowest BCUT2D eigenvalue weighted by Crippen LogP contribution is -2.47. The minimum Gasteiger partial charge on any atom is -0.389 e. The summed E-state index contributed by atoms with van der Waals surface area (Å²) in [5, 5.41) is 10.1. The molecule has 0 aromatic carbocycles. The zero-order valence-electron chi connectivity index (χ0n) is 9.91. The zero-order valence-corrected chi connectivity index (χ0v) is 9.91. The number of ether oxygens (including phenoxy) is 1. The molecular formula is C12H23NO2. The molecule has 0 aromatic rings. The molecule has 88 valence electrons. The van der Waals surface area contributed by atoms with Crippen molar-refractivity contribution in [3.8, 4) is 0 Å². The Balaban J connectivity index is 1.90. The molecule has 15 heavy (non-hydrogen) atoms. The van der Waals surface area contributed by atoms with E-state index in [1.165, 1.54) is 12.8 Å². The maximum Gasteiger partial charge on any atom is 0.0746 e. The fourth-order valence-corrected chi connectivity index (χ4v) is 2.90. The van der Waals surface area contributed by atoms with Crippen LogP contribution in [0.5, 0.6) is 0 Å². The summed E-state index contributed by atoms with van der Waals surface area (Å²) >= 11 is 0. The number of nitrogens with zero attached hydrogens (tertiary/aromatic N) is 1. The van der Waals surface area contributed by atoms with Gasteiger partial charge in [-0.2, -0.15) is 0 Å². The molecule has 0 aliphatic carbocycles. The van der Waals surface area contributed by atoms with E-state index in [4.69, 9.17) is 4.74 Å². The molecule has 2 rings (SSSR count). The molecule has 2 heterocycles. The maximum atomic E-state index is 10.1. The molecule has 0 spiro atoms. The summed E-state index contributed by atoms with van der Waals surface area (Å²) in [5.41, 5.74) is -0.560. The molecule has 0 bridgehead atoms. The molecule has 0 aromatic heterocycles. The molecule has 0 amide bonds. The van der Waals surface area contributed by atoms with E-state index in [9.17, 15) is 5.11 Å². The average Bonchev–Trinajstić information content (AvgIpc) is 2.73. The number of rotatable bonds is 3. The van der Waals surface area contributed by atoms with Crippen LogP contribution in [0.1, 0.15) is 33.1 Å². The van der Waals surface area contributed by atoms with Crippen LogP contribution in [0.4, 0.5) is 0 Å². The van der Waals surface area contributed by atoms with Crippen molar-refractivity contribution < 1.29 is 9.84 Å². The summed E-state index contributed by atoms with van der Waals surface area (Å²) in [6, 6.07) is 0.345. The second kappa shape index (κ2) is 4.40. The number of likely N-dealkylation sites (tertiary alicyclic amines) is 1. The minimum absolute atomic E-state index is 0.345. The van der Waals surface area contributed by atoms with Crippen LogP contribution in [-0.4, -0.2) is 48.0 Å². The predicted molar refractivity (Wildman–Crippen MR) is 59.8 cm³/mol. The molecule has 0 radical (unpaired) electrons. The second-order valence-electron chi connectivity index (χ2n) is 5.54. The third-order valence-electron chi connectivity index (χ3n) is 3.70. The molecular weight excluding hydrogens is 190 g/mol. The van der Waals surface area contributed by atoms with Gasteiger partial charge in [0.2, 0.25) is 0 Å². The van der Waals surface area contributed by atoms with Crippen molar-refractivity contribution in [2.75, 3.05) is 26.3 Å². The lowest BCUT2D eigenvalue weighted by molar-refractivity contribution is -0.00731. The van der Waals surface area contributed by atoms with Crippen LogP contribution >= 0.6 is 0 Å². The van der Waals surface area contributed by atoms with Gasteiger partial charge >= 0.3 is 0 Å². The Morgan fingerprint density at radius 1 is 1.40 bits per heavy atom. The smallest absolute Gasteiger partial charge is 0.0746 e. The van der Waals surface area contributed by atoms with Crippen LogP contribution in [-0.2, 0) is 4.74 Å². The van der Waals surface area contributed by atoms with E-state index in [2.05, 4.69) is 4.90 Å². The van der Waals surface area contributed by atoms with Crippen molar-refractivity contribution in [3.05, 3.63) is 0 Å². The largest absolute Gasteiger partial charge is 0.389 e. The van der Waals surface area contributed by atoms with Crippen LogP contribution in [0.25, 0.3) is 0 Å². The number of aliphatic hydroxyl groups is 1. The topological polar surface area (TPSA) is 32.7 Å². The van der Waals surface area contributed by atoms with Gasteiger partial charge in [-0.1, -0.05) is 0 Å². The number of hydrogen-bond donors (Lipinski definition) is 1. The van der Waals surface area contributed by atoms with E-state index >= 15 is 0 Å². The monoisotopic (exact) mass is 213 g/mol. The van der Waals surface area contributed by atoms with E-state index in [1.54, 1.807) is 0 Å². The molecule has 3 heteroatoms. The van der Waals surface area contributed by atoms with E-state index in [0.29, 0.717) is 12.0 Å². The lowest BCUT2D eigenvalue weighted by Gasteiger charge is -2.35. The Kier molecular flexibility index (Phi) is 3.33.